The van der Waals surface area contributed by atoms with Gasteiger partial charge in [-0.25, -0.2) is 4.79 Å². The third-order valence-corrected chi connectivity index (χ3v) is 2.46. The predicted molar refractivity (Wildman–Crippen MR) is 68.4 cm³/mol. The molecule has 0 bridgehead atoms. The van der Waals surface area contributed by atoms with Crippen molar-refractivity contribution in [1.82, 2.24) is 5.32 Å². The number of hydrogen-bond acceptors (Lipinski definition) is 3. The molecular weight excluding hydrogens is 232 g/mol. The number of carboxylic acids is 1. The first-order valence-electron chi connectivity index (χ1n) is 5.70. The van der Waals surface area contributed by atoms with Crippen molar-refractivity contribution in [2.75, 3.05) is 6.54 Å². The maximum absolute atomic E-state index is 11.5. The average molecular weight is 250 g/mol. The Bertz CT molecular complexity index is 450. The first-order chi connectivity index (χ1) is 8.30. The lowest BCUT2D eigenvalue weighted by Gasteiger charge is -2.17. The van der Waals surface area contributed by atoms with Crippen molar-refractivity contribution in [2.45, 2.75) is 25.8 Å². The number of benzene rings is 1. The van der Waals surface area contributed by atoms with E-state index in [4.69, 9.17) is 10.8 Å². The van der Waals surface area contributed by atoms with Crippen LogP contribution in [-0.2, 0) is 11.2 Å². The maximum atomic E-state index is 11.5. The summed E-state index contributed by atoms with van der Waals surface area (Å²) in [4.78, 5) is 22.3. The molecule has 5 heteroatoms. The van der Waals surface area contributed by atoms with E-state index in [2.05, 4.69) is 5.32 Å². The Morgan fingerprint density at radius 3 is 2.61 bits per heavy atom. The fourth-order valence-corrected chi connectivity index (χ4v) is 1.41. The van der Waals surface area contributed by atoms with Gasteiger partial charge in [-0.1, -0.05) is 12.1 Å². The Morgan fingerprint density at radius 1 is 1.39 bits per heavy atom. The van der Waals surface area contributed by atoms with E-state index in [1.54, 1.807) is 26.0 Å². The fraction of sp³-hybridized carbons (Fsp3) is 0.385. The quantitative estimate of drug-likeness (QED) is 0.720. The zero-order valence-corrected chi connectivity index (χ0v) is 10.6. The Hall–Kier alpha value is -1.88. The molecule has 1 rings (SSSR count). The SMILES string of the molecule is CC(C)(N)C(=O)NCCc1cccc(C(=O)O)c1. The molecule has 0 heterocycles. The molecule has 0 aliphatic rings. The van der Waals surface area contributed by atoms with E-state index >= 15 is 0 Å². The fourth-order valence-electron chi connectivity index (χ4n) is 1.41. The van der Waals surface area contributed by atoms with Gasteiger partial charge in [-0.15, -0.1) is 0 Å². The summed E-state index contributed by atoms with van der Waals surface area (Å²) in [6.45, 7) is 3.70. The lowest BCUT2D eigenvalue weighted by atomic mass is 10.1. The van der Waals surface area contributed by atoms with E-state index in [9.17, 15) is 9.59 Å². The van der Waals surface area contributed by atoms with Crippen LogP contribution in [-0.4, -0.2) is 29.1 Å². The van der Waals surface area contributed by atoms with Gasteiger partial charge in [0.15, 0.2) is 0 Å². The summed E-state index contributed by atoms with van der Waals surface area (Å²) in [5.74, 6) is -1.18. The maximum Gasteiger partial charge on any atom is 0.335 e. The highest BCUT2D eigenvalue weighted by Gasteiger charge is 2.20. The molecule has 0 atom stereocenters. The number of amides is 1. The molecule has 1 aromatic carbocycles. The standard InChI is InChI=1S/C13H18N2O3/c1-13(2,14)12(18)15-7-6-9-4-3-5-10(8-9)11(16)17/h3-5,8H,6-7,14H2,1-2H3,(H,15,18)(H,16,17). The van der Waals surface area contributed by atoms with Crippen molar-refractivity contribution < 1.29 is 14.7 Å². The monoisotopic (exact) mass is 250 g/mol. The van der Waals surface area contributed by atoms with Crippen LogP contribution in [0.5, 0.6) is 0 Å². The molecule has 18 heavy (non-hydrogen) atoms. The summed E-state index contributed by atoms with van der Waals surface area (Å²) in [6, 6.07) is 6.65. The van der Waals surface area contributed by atoms with Crippen molar-refractivity contribution in [3.05, 3.63) is 35.4 Å². The molecule has 0 spiro atoms. The van der Waals surface area contributed by atoms with Crippen LogP contribution in [0.15, 0.2) is 24.3 Å². The molecule has 0 saturated heterocycles. The number of carbonyl (C=O) groups excluding carboxylic acids is 1. The van der Waals surface area contributed by atoms with E-state index in [-0.39, 0.29) is 11.5 Å². The predicted octanol–water partition coefficient (Wildman–Crippen LogP) is 0.781. The van der Waals surface area contributed by atoms with Gasteiger partial charge >= 0.3 is 5.97 Å². The highest BCUT2D eigenvalue weighted by molar-refractivity contribution is 5.87. The number of nitrogens with one attached hydrogen (secondary N) is 1. The molecule has 4 N–H and O–H groups in total. The van der Waals surface area contributed by atoms with Crippen molar-refractivity contribution >= 4 is 11.9 Å². The smallest absolute Gasteiger partial charge is 0.335 e. The van der Waals surface area contributed by atoms with E-state index in [1.165, 1.54) is 6.07 Å². The number of rotatable bonds is 5. The van der Waals surface area contributed by atoms with Crippen molar-refractivity contribution in [3.63, 3.8) is 0 Å². The Labute approximate surface area is 106 Å². The molecular formula is C13H18N2O3. The summed E-state index contributed by atoms with van der Waals surface area (Å²) in [5, 5.41) is 11.6. The zero-order valence-electron chi connectivity index (χ0n) is 10.6. The van der Waals surface area contributed by atoms with E-state index in [0.717, 1.165) is 5.56 Å². The molecule has 98 valence electrons. The average Bonchev–Trinajstić information content (AvgIpc) is 2.28. The van der Waals surface area contributed by atoms with Crippen LogP contribution < -0.4 is 11.1 Å². The van der Waals surface area contributed by atoms with Crippen LogP contribution in [0.3, 0.4) is 0 Å². The Kier molecular flexibility index (Phi) is 4.44. The Morgan fingerprint density at radius 2 is 2.06 bits per heavy atom. The van der Waals surface area contributed by atoms with Gasteiger partial charge in [0.25, 0.3) is 0 Å². The van der Waals surface area contributed by atoms with Gasteiger partial charge in [0.05, 0.1) is 11.1 Å². The Balaban J connectivity index is 2.52. The highest BCUT2D eigenvalue weighted by atomic mass is 16.4. The van der Waals surface area contributed by atoms with Crippen molar-refractivity contribution in [1.29, 1.82) is 0 Å². The van der Waals surface area contributed by atoms with Gasteiger partial charge in [0.2, 0.25) is 5.91 Å². The van der Waals surface area contributed by atoms with Crippen LogP contribution in [0.1, 0.15) is 29.8 Å². The summed E-state index contributed by atoms with van der Waals surface area (Å²) < 4.78 is 0. The highest BCUT2D eigenvalue weighted by Crippen LogP contribution is 2.06. The lowest BCUT2D eigenvalue weighted by molar-refractivity contribution is -0.125. The lowest BCUT2D eigenvalue weighted by Crippen LogP contribution is -2.49. The minimum atomic E-state index is -0.955. The van der Waals surface area contributed by atoms with Crippen LogP contribution in [0.4, 0.5) is 0 Å². The van der Waals surface area contributed by atoms with Crippen LogP contribution in [0.25, 0.3) is 0 Å². The largest absolute Gasteiger partial charge is 0.478 e. The van der Waals surface area contributed by atoms with Gasteiger partial charge in [-0.2, -0.15) is 0 Å². The minimum absolute atomic E-state index is 0.225. The van der Waals surface area contributed by atoms with Crippen LogP contribution in [0.2, 0.25) is 0 Å². The van der Waals surface area contributed by atoms with Gasteiger partial charge in [0.1, 0.15) is 0 Å². The minimum Gasteiger partial charge on any atom is -0.478 e. The van der Waals surface area contributed by atoms with E-state index < -0.39 is 11.5 Å². The number of nitrogens with two attached hydrogens (primary N) is 1. The zero-order chi connectivity index (χ0) is 13.8. The normalized spacial score (nSPS) is 11.1. The van der Waals surface area contributed by atoms with E-state index in [0.29, 0.717) is 13.0 Å². The van der Waals surface area contributed by atoms with Crippen molar-refractivity contribution in [2.24, 2.45) is 5.73 Å². The van der Waals surface area contributed by atoms with Gasteiger partial charge in [-0.3, -0.25) is 4.79 Å². The van der Waals surface area contributed by atoms with Crippen LogP contribution in [0, 0.1) is 0 Å². The molecule has 0 unspecified atom stereocenters. The van der Waals surface area contributed by atoms with Crippen molar-refractivity contribution in [3.8, 4) is 0 Å². The van der Waals surface area contributed by atoms with Crippen LogP contribution >= 0.6 is 0 Å². The first kappa shape index (κ1) is 14.2. The first-order valence-corrected chi connectivity index (χ1v) is 5.70. The third-order valence-electron chi connectivity index (χ3n) is 2.46. The van der Waals surface area contributed by atoms with E-state index in [1.807, 2.05) is 6.07 Å². The summed E-state index contributed by atoms with van der Waals surface area (Å²) in [6.07, 6.45) is 0.572. The third kappa shape index (κ3) is 4.18. The molecule has 1 aromatic rings. The molecule has 0 fully saturated rings. The van der Waals surface area contributed by atoms with Gasteiger partial charge < -0.3 is 16.2 Å². The summed E-state index contributed by atoms with van der Waals surface area (Å²) in [5.41, 5.74) is 5.85. The molecule has 1 amide bonds. The molecule has 0 aliphatic carbocycles. The number of carbonyl (C=O) groups is 2. The van der Waals surface area contributed by atoms with Gasteiger partial charge in [-0.05, 0) is 38.0 Å². The number of aromatic carboxylic acids is 1. The number of carboxylic acid groups (broad SMARTS) is 1. The molecule has 0 aliphatic heterocycles. The molecule has 0 saturated carbocycles. The molecule has 0 radical (unpaired) electrons. The second-order valence-electron chi connectivity index (χ2n) is 4.73. The number of hydrogen-bond donors (Lipinski definition) is 3. The second-order valence-corrected chi connectivity index (χ2v) is 4.73. The summed E-state index contributed by atoms with van der Waals surface area (Å²) in [7, 11) is 0. The topological polar surface area (TPSA) is 92.4 Å². The van der Waals surface area contributed by atoms with Gasteiger partial charge in [0, 0.05) is 6.54 Å². The summed E-state index contributed by atoms with van der Waals surface area (Å²) >= 11 is 0. The molecule has 5 nitrogen and oxygen atoms in total. The second kappa shape index (κ2) is 5.64. The molecule has 0 aromatic heterocycles.